The van der Waals surface area contributed by atoms with E-state index < -0.39 is 0 Å². The topological polar surface area (TPSA) is 67.8 Å². The van der Waals surface area contributed by atoms with Crippen LogP contribution < -0.4 is 10.1 Å². The third kappa shape index (κ3) is 2.65. The van der Waals surface area contributed by atoms with Gasteiger partial charge in [-0.15, -0.1) is 0 Å². The van der Waals surface area contributed by atoms with E-state index in [1.165, 1.54) is 0 Å². The number of phenolic OH excluding ortho intramolecular Hbond substituents is 1. The molecule has 1 heterocycles. The van der Waals surface area contributed by atoms with Crippen molar-refractivity contribution in [1.82, 2.24) is 5.32 Å². The van der Waals surface area contributed by atoms with E-state index in [2.05, 4.69) is 19.2 Å². The summed E-state index contributed by atoms with van der Waals surface area (Å²) in [4.78, 5) is 12.3. The second-order valence-electron chi connectivity index (χ2n) is 9.12. The highest BCUT2D eigenvalue weighted by atomic mass is 16.5. The summed E-state index contributed by atoms with van der Waals surface area (Å²) in [7, 11) is 1.56. The zero-order chi connectivity index (χ0) is 19.4. The second kappa shape index (κ2) is 6.40. The van der Waals surface area contributed by atoms with Crippen LogP contribution in [-0.4, -0.2) is 30.8 Å². The van der Waals surface area contributed by atoms with E-state index in [4.69, 9.17) is 9.47 Å². The predicted octanol–water partition coefficient (Wildman–Crippen LogP) is 3.81. The van der Waals surface area contributed by atoms with Crippen molar-refractivity contribution in [2.45, 2.75) is 58.6 Å². The molecule has 1 aliphatic heterocycles. The summed E-state index contributed by atoms with van der Waals surface area (Å²) in [5, 5.41) is 13.6. The molecule has 1 spiro atoms. The van der Waals surface area contributed by atoms with Gasteiger partial charge in [-0.05, 0) is 59.6 Å². The lowest BCUT2D eigenvalue weighted by atomic mass is 9.59. The third-order valence-electron chi connectivity index (χ3n) is 7.66. The Morgan fingerprint density at radius 1 is 1.41 bits per heavy atom. The summed E-state index contributed by atoms with van der Waals surface area (Å²) >= 11 is 0. The van der Waals surface area contributed by atoms with Crippen LogP contribution in [0, 0.1) is 22.7 Å². The van der Waals surface area contributed by atoms with Gasteiger partial charge in [-0.3, -0.25) is 4.79 Å². The molecule has 148 valence electrons. The first-order valence-corrected chi connectivity index (χ1v) is 10.1. The first kappa shape index (κ1) is 18.6. The van der Waals surface area contributed by atoms with Crippen molar-refractivity contribution in [2.24, 2.45) is 22.7 Å². The molecule has 2 aliphatic carbocycles. The van der Waals surface area contributed by atoms with Gasteiger partial charge >= 0.3 is 0 Å². The van der Waals surface area contributed by atoms with Crippen LogP contribution in [-0.2, 0) is 9.53 Å². The zero-order valence-electron chi connectivity index (χ0n) is 16.7. The number of carbonyl (C=O) groups is 1. The molecule has 27 heavy (non-hydrogen) atoms. The maximum absolute atomic E-state index is 12.3. The average Bonchev–Trinajstić information content (AvgIpc) is 3.14. The molecule has 5 nitrogen and oxygen atoms in total. The smallest absolute Gasteiger partial charge is 0.219 e. The monoisotopic (exact) mass is 373 g/mol. The lowest BCUT2D eigenvalue weighted by molar-refractivity contribution is -0.137. The van der Waals surface area contributed by atoms with Crippen LogP contribution in [0.4, 0.5) is 0 Å². The predicted molar refractivity (Wildman–Crippen MR) is 103 cm³/mol. The van der Waals surface area contributed by atoms with Crippen LogP contribution in [0.3, 0.4) is 0 Å². The van der Waals surface area contributed by atoms with E-state index in [0.717, 1.165) is 24.8 Å². The maximum atomic E-state index is 12.3. The Kier molecular flexibility index (Phi) is 4.41. The molecule has 2 saturated carbocycles. The minimum absolute atomic E-state index is 0.0438. The third-order valence-corrected chi connectivity index (χ3v) is 7.66. The lowest BCUT2D eigenvalue weighted by Crippen LogP contribution is -2.58. The van der Waals surface area contributed by atoms with Crippen LogP contribution in [0.1, 0.15) is 58.1 Å². The van der Waals surface area contributed by atoms with E-state index in [0.29, 0.717) is 30.6 Å². The number of ether oxygens (including phenoxy) is 2. The molecule has 0 aromatic heterocycles. The second-order valence-corrected chi connectivity index (χ2v) is 9.12. The SMILES string of the molecule is CCC(=O)N[C@@H]1C(C)(C)[C@@H]2C[C@@H]3[C@@H](c4ccc(OC)c(O)c4)OCCC31C2. The summed E-state index contributed by atoms with van der Waals surface area (Å²) in [6, 6.07) is 5.76. The van der Waals surface area contributed by atoms with Gasteiger partial charge < -0.3 is 19.9 Å². The molecule has 2 N–H and O–H groups in total. The zero-order valence-corrected chi connectivity index (χ0v) is 16.7. The van der Waals surface area contributed by atoms with Gasteiger partial charge in [0.2, 0.25) is 5.91 Å². The summed E-state index contributed by atoms with van der Waals surface area (Å²) in [5.74, 6) is 1.71. The summed E-state index contributed by atoms with van der Waals surface area (Å²) in [6.45, 7) is 7.23. The first-order valence-electron chi connectivity index (χ1n) is 10.1. The fourth-order valence-electron chi connectivity index (χ4n) is 6.26. The minimum Gasteiger partial charge on any atom is -0.504 e. The number of hydrogen-bond acceptors (Lipinski definition) is 4. The van der Waals surface area contributed by atoms with E-state index in [1.807, 2.05) is 19.1 Å². The van der Waals surface area contributed by atoms with Gasteiger partial charge in [0.15, 0.2) is 11.5 Å². The summed E-state index contributed by atoms with van der Waals surface area (Å²) in [5.41, 5.74) is 1.19. The van der Waals surface area contributed by atoms with Gasteiger partial charge in [-0.1, -0.05) is 26.8 Å². The molecule has 5 atom stereocenters. The molecule has 5 heteroatoms. The number of hydrogen-bond donors (Lipinski definition) is 2. The van der Waals surface area contributed by atoms with Crippen molar-refractivity contribution in [3.63, 3.8) is 0 Å². The van der Waals surface area contributed by atoms with E-state index in [-0.39, 0.29) is 34.6 Å². The van der Waals surface area contributed by atoms with Gasteiger partial charge in [-0.2, -0.15) is 0 Å². The molecular formula is C22H31NO4. The van der Waals surface area contributed by atoms with Crippen molar-refractivity contribution in [3.8, 4) is 11.5 Å². The van der Waals surface area contributed by atoms with Gasteiger partial charge in [-0.25, -0.2) is 0 Å². The van der Waals surface area contributed by atoms with Crippen LogP contribution in [0.2, 0.25) is 0 Å². The molecule has 1 unspecified atom stereocenters. The van der Waals surface area contributed by atoms with Crippen molar-refractivity contribution < 1.29 is 19.4 Å². The van der Waals surface area contributed by atoms with Gasteiger partial charge in [0.25, 0.3) is 0 Å². The molecular weight excluding hydrogens is 342 g/mol. The standard InChI is InChI=1S/C22H31NO4/c1-5-18(25)23-20-21(2,3)14-11-15-19(27-9-8-22(15,20)12-14)13-6-7-17(26-4)16(24)10-13/h6-7,10,14-15,19-20,24H,5,8-9,11-12H2,1-4H3,(H,23,25)/t14-,15-,19-,20-,22?/m1/s1. The number of carbonyl (C=O) groups excluding carboxylic acids is 1. The Bertz CT molecular complexity index is 746. The van der Waals surface area contributed by atoms with Crippen molar-refractivity contribution in [3.05, 3.63) is 23.8 Å². The number of phenols is 1. The number of methoxy groups -OCH3 is 1. The van der Waals surface area contributed by atoms with Crippen molar-refractivity contribution in [2.75, 3.05) is 13.7 Å². The maximum Gasteiger partial charge on any atom is 0.219 e. The van der Waals surface area contributed by atoms with Gasteiger partial charge in [0, 0.05) is 19.1 Å². The Morgan fingerprint density at radius 2 is 2.19 bits per heavy atom. The fraction of sp³-hybridized carbons (Fsp3) is 0.682. The van der Waals surface area contributed by atoms with Gasteiger partial charge in [0.1, 0.15) is 0 Å². The van der Waals surface area contributed by atoms with Crippen LogP contribution >= 0.6 is 0 Å². The van der Waals surface area contributed by atoms with Crippen LogP contribution in [0.5, 0.6) is 11.5 Å². The van der Waals surface area contributed by atoms with Crippen LogP contribution in [0.25, 0.3) is 0 Å². The molecule has 3 fully saturated rings. The molecule has 1 amide bonds. The Balaban J connectivity index is 1.68. The minimum atomic E-state index is -0.0438. The highest BCUT2D eigenvalue weighted by molar-refractivity contribution is 5.76. The lowest BCUT2D eigenvalue weighted by Gasteiger charge is -2.53. The Labute approximate surface area is 161 Å². The average molecular weight is 373 g/mol. The van der Waals surface area contributed by atoms with E-state index >= 15 is 0 Å². The number of benzene rings is 1. The molecule has 4 rings (SSSR count). The molecule has 2 bridgehead atoms. The Hall–Kier alpha value is -1.75. The van der Waals surface area contributed by atoms with Crippen LogP contribution in [0.15, 0.2) is 18.2 Å². The summed E-state index contributed by atoms with van der Waals surface area (Å²) < 4.78 is 11.4. The van der Waals surface area contributed by atoms with Crippen molar-refractivity contribution >= 4 is 5.91 Å². The normalized spacial score (nSPS) is 36.3. The largest absolute Gasteiger partial charge is 0.504 e. The number of rotatable bonds is 4. The molecule has 0 radical (unpaired) electrons. The molecule has 1 aromatic rings. The number of nitrogens with one attached hydrogen (secondary N) is 1. The summed E-state index contributed by atoms with van der Waals surface area (Å²) in [6.07, 6.45) is 3.73. The Morgan fingerprint density at radius 3 is 2.85 bits per heavy atom. The quantitative estimate of drug-likeness (QED) is 0.842. The number of aromatic hydroxyl groups is 1. The highest BCUT2D eigenvalue weighted by Gasteiger charge is 2.68. The fourth-order valence-corrected chi connectivity index (χ4v) is 6.26. The highest BCUT2D eigenvalue weighted by Crippen LogP contribution is 2.70. The molecule has 1 saturated heterocycles. The first-order chi connectivity index (χ1) is 12.8. The number of amides is 1. The number of fused-ring (bicyclic) bond motifs is 1. The van der Waals surface area contributed by atoms with Gasteiger partial charge in [0.05, 0.1) is 13.2 Å². The molecule has 3 aliphatic rings. The van der Waals surface area contributed by atoms with E-state index in [1.54, 1.807) is 13.2 Å². The van der Waals surface area contributed by atoms with Crippen molar-refractivity contribution in [1.29, 1.82) is 0 Å². The molecule has 1 aromatic carbocycles. The van der Waals surface area contributed by atoms with E-state index in [9.17, 15) is 9.90 Å².